The minimum Gasteiger partial charge on any atom is -0.456 e. The van der Waals surface area contributed by atoms with Crippen molar-refractivity contribution in [3.8, 4) is 44.8 Å². The van der Waals surface area contributed by atoms with Gasteiger partial charge in [0.1, 0.15) is 11.2 Å². The second-order valence-corrected chi connectivity index (χ2v) is 22.1. The van der Waals surface area contributed by atoms with Gasteiger partial charge in [0.2, 0.25) is 0 Å². The number of nitrogens with zero attached hydrogens (tertiary/aromatic N) is 3. The Labute approximate surface area is 440 Å². The fourth-order valence-electron chi connectivity index (χ4n) is 13.5. The maximum atomic E-state index is 6.41. The molecule has 2 aliphatic carbocycles. The van der Waals surface area contributed by atoms with Crippen molar-refractivity contribution in [2.24, 2.45) is 0 Å². The SMILES string of the molecule is CC1(C)c2cc(-c3ccc4c5ccccc5n(-c5ccccc5)c4c3)ccc2-c2ccc(N(c3ccc4c(c3)C(C)(C)c3cc(-n5c6ccccc6c6ccccc65)ccc3-4)c3ccc4oc5ccccc5c4c3)cc21. The van der Waals surface area contributed by atoms with E-state index in [4.69, 9.17) is 4.42 Å². The summed E-state index contributed by atoms with van der Waals surface area (Å²) in [5.74, 6) is 0. The zero-order chi connectivity index (χ0) is 50.6. The fraction of sp³-hybridized carbons (Fsp3) is 0.0833. The molecular formula is C72H51N3O. The van der Waals surface area contributed by atoms with Crippen molar-refractivity contribution in [2.45, 2.75) is 38.5 Å². The molecule has 4 heteroatoms. The molecule has 2 aliphatic rings. The Balaban J connectivity index is 0.816. The molecule has 0 unspecified atom stereocenters. The Morgan fingerprint density at radius 2 is 0.737 bits per heavy atom. The van der Waals surface area contributed by atoms with Crippen molar-refractivity contribution >= 4 is 82.6 Å². The van der Waals surface area contributed by atoms with E-state index in [1.54, 1.807) is 0 Å². The minimum atomic E-state index is -0.272. The van der Waals surface area contributed by atoms with Crippen LogP contribution in [0.2, 0.25) is 0 Å². The highest BCUT2D eigenvalue weighted by Gasteiger charge is 2.39. The standard InChI is InChI=1S/C72H51N3O/c1-71(2)61-38-44(45-27-33-58-57-20-10-12-22-65(57)74(68(58)39-45)46-16-6-5-7-17-46)26-32-51(61)52-34-28-48(41-62(52)71)73(47-31-37-70-60(40-47)59-21-11-15-25-69(59)76-70)49-29-35-53-54-36-30-50(43-64(54)72(3,4)63(53)42-49)75-66-23-13-8-18-55(66)56-19-9-14-24-67(56)75/h5-43H,1-4H3. The van der Waals surface area contributed by atoms with E-state index in [1.165, 1.54) is 105 Å². The Hall–Kier alpha value is -9.38. The van der Waals surface area contributed by atoms with Gasteiger partial charge >= 0.3 is 0 Å². The van der Waals surface area contributed by atoms with Crippen LogP contribution in [0.1, 0.15) is 49.9 Å². The van der Waals surface area contributed by atoms with Crippen LogP contribution in [-0.2, 0) is 10.8 Å². The van der Waals surface area contributed by atoms with Gasteiger partial charge in [-0.05, 0) is 159 Å². The van der Waals surface area contributed by atoms with Gasteiger partial charge in [-0.2, -0.15) is 0 Å². The second-order valence-electron chi connectivity index (χ2n) is 22.1. The summed E-state index contributed by atoms with van der Waals surface area (Å²) in [7, 11) is 0. The third-order valence-electron chi connectivity index (χ3n) is 17.3. The fourth-order valence-corrected chi connectivity index (χ4v) is 13.5. The summed E-state index contributed by atoms with van der Waals surface area (Å²) in [6, 6.07) is 87.7. The van der Waals surface area contributed by atoms with Crippen LogP contribution >= 0.6 is 0 Å². The first kappa shape index (κ1) is 43.1. The lowest BCUT2D eigenvalue weighted by Gasteiger charge is -2.30. The van der Waals surface area contributed by atoms with Crippen LogP contribution in [0.4, 0.5) is 17.1 Å². The van der Waals surface area contributed by atoms with Gasteiger partial charge in [-0.3, -0.25) is 0 Å². The zero-order valence-corrected chi connectivity index (χ0v) is 42.8. The molecule has 0 N–H and O–H groups in total. The van der Waals surface area contributed by atoms with Crippen LogP contribution in [-0.4, -0.2) is 9.13 Å². The van der Waals surface area contributed by atoms with Gasteiger partial charge < -0.3 is 18.5 Å². The highest BCUT2D eigenvalue weighted by atomic mass is 16.3. The summed E-state index contributed by atoms with van der Waals surface area (Å²) in [4.78, 5) is 2.47. The Kier molecular flexibility index (Phi) is 8.83. The van der Waals surface area contributed by atoms with Crippen LogP contribution in [0.5, 0.6) is 0 Å². The van der Waals surface area contributed by atoms with Gasteiger partial charge in [-0.25, -0.2) is 0 Å². The monoisotopic (exact) mass is 973 g/mol. The first-order valence-corrected chi connectivity index (χ1v) is 26.6. The molecule has 16 rings (SSSR count). The quantitative estimate of drug-likeness (QED) is 0.166. The van der Waals surface area contributed by atoms with E-state index in [2.05, 4.69) is 272 Å². The number of hydrogen-bond acceptors (Lipinski definition) is 2. The van der Waals surface area contributed by atoms with E-state index in [1.807, 2.05) is 6.07 Å². The molecule has 0 radical (unpaired) electrons. The third kappa shape index (κ3) is 6.01. The number of fused-ring (bicyclic) bond motifs is 15. The molecular weight excluding hydrogens is 923 g/mol. The first-order chi connectivity index (χ1) is 37.2. The van der Waals surface area contributed by atoms with Crippen LogP contribution in [0, 0.1) is 0 Å². The molecule has 0 spiro atoms. The van der Waals surface area contributed by atoms with Crippen molar-refractivity contribution in [1.29, 1.82) is 0 Å². The Morgan fingerprint density at radius 3 is 1.37 bits per heavy atom. The molecule has 0 saturated heterocycles. The van der Waals surface area contributed by atoms with Crippen molar-refractivity contribution in [1.82, 2.24) is 9.13 Å². The zero-order valence-electron chi connectivity index (χ0n) is 42.8. The number of anilines is 3. The largest absolute Gasteiger partial charge is 0.456 e. The molecule has 0 bridgehead atoms. The molecule has 3 heterocycles. The topological polar surface area (TPSA) is 26.2 Å². The molecule has 360 valence electrons. The van der Waals surface area contributed by atoms with Gasteiger partial charge in [0.05, 0.1) is 22.1 Å². The van der Waals surface area contributed by atoms with Gasteiger partial charge in [0.15, 0.2) is 0 Å². The molecule has 0 fully saturated rings. The van der Waals surface area contributed by atoms with Crippen molar-refractivity contribution in [2.75, 3.05) is 4.90 Å². The minimum absolute atomic E-state index is 0.270. The van der Waals surface area contributed by atoms with E-state index in [0.717, 1.165) is 44.7 Å². The molecule has 0 aliphatic heterocycles. The number of benzene rings is 11. The van der Waals surface area contributed by atoms with Gasteiger partial charge in [0, 0.05) is 71.6 Å². The van der Waals surface area contributed by atoms with Crippen molar-refractivity contribution in [3.05, 3.63) is 259 Å². The highest BCUT2D eigenvalue weighted by molar-refractivity contribution is 6.11. The molecule has 0 amide bonds. The number of para-hydroxylation sites is 5. The van der Waals surface area contributed by atoms with E-state index in [0.29, 0.717) is 0 Å². The maximum absolute atomic E-state index is 6.41. The molecule has 14 aromatic rings. The molecule has 0 saturated carbocycles. The molecule has 4 nitrogen and oxygen atoms in total. The van der Waals surface area contributed by atoms with E-state index < -0.39 is 0 Å². The summed E-state index contributed by atoms with van der Waals surface area (Å²) >= 11 is 0. The second kappa shape index (κ2) is 15.6. The first-order valence-electron chi connectivity index (χ1n) is 26.6. The Bertz CT molecular complexity index is 4720. The average molecular weight is 974 g/mol. The summed E-state index contributed by atoms with van der Waals surface area (Å²) in [6.07, 6.45) is 0. The van der Waals surface area contributed by atoms with Crippen molar-refractivity contribution in [3.63, 3.8) is 0 Å². The number of rotatable bonds is 6. The summed E-state index contributed by atoms with van der Waals surface area (Å²) in [5, 5.41) is 7.29. The van der Waals surface area contributed by atoms with Gasteiger partial charge in [-0.1, -0.05) is 161 Å². The molecule has 11 aromatic carbocycles. The summed E-state index contributed by atoms with van der Waals surface area (Å²) < 4.78 is 11.3. The molecule has 76 heavy (non-hydrogen) atoms. The van der Waals surface area contributed by atoms with Crippen LogP contribution in [0.3, 0.4) is 0 Å². The summed E-state index contributed by atoms with van der Waals surface area (Å²) in [6.45, 7) is 9.60. The summed E-state index contributed by atoms with van der Waals surface area (Å²) in [5.41, 5.74) is 24.7. The molecule has 3 aromatic heterocycles. The van der Waals surface area contributed by atoms with E-state index in [9.17, 15) is 0 Å². The lowest BCUT2D eigenvalue weighted by atomic mass is 9.81. The third-order valence-corrected chi connectivity index (χ3v) is 17.3. The van der Waals surface area contributed by atoms with Crippen LogP contribution < -0.4 is 4.90 Å². The molecule has 0 atom stereocenters. The lowest BCUT2D eigenvalue weighted by Crippen LogP contribution is -2.18. The van der Waals surface area contributed by atoms with Gasteiger partial charge in [0.25, 0.3) is 0 Å². The van der Waals surface area contributed by atoms with E-state index in [-0.39, 0.29) is 10.8 Å². The van der Waals surface area contributed by atoms with E-state index >= 15 is 0 Å². The number of furan rings is 1. The predicted octanol–water partition coefficient (Wildman–Crippen LogP) is 19.5. The average Bonchev–Trinajstić information content (AvgIpc) is 4.27. The lowest BCUT2D eigenvalue weighted by molar-refractivity contribution is 0.659. The van der Waals surface area contributed by atoms with Crippen molar-refractivity contribution < 1.29 is 4.42 Å². The predicted molar refractivity (Wildman–Crippen MR) is 318 cm³/mol. The Morgan fingerprint density at radius 1 is 0.303 bits per heavy atom. The smallest absolute Gasteiger partial charge is 0.135 e. The number of hydrogen-bond donors (Lipinski definition) is 0. The number of aromatic nitrogens is 2. The normalized spacial score (nSPS) is 14.0. The van der Waals surface area contributed by atoms with Crippen LogP contribution in [0.25, 0.3) is 110 Å². The maximum Gasteiger partial charge on any atom is 0.135 e. The van der Waals surface area contributed by atoms with Crippen LogP contribution in [0.15, 0.2) is 241 Å². The highest BCUT2D eigenvalue weighted by Crippen LogP contribution is 2.55. The van der Waals surface area contributed by atoms with Gasteiger partial charge in [-0.15, -0.1) is 0 Å².